The molecule has 100 valence electrons. The van der Waals surface area contributed by atoms with Crippen LogP contribution in [0.3, 0.4) is 0 Å². The number of hydrogen-bond acceptors (Lipinski definition) is 4. The Labute approximate surface area is 116 Å². The van der Waals surface area contributed by atoms with Crippen molar-refractivity contribution in [2.45, 2.75) is 13.8 Å². The van der Waals surface area contributed by atoms with Gasteiger partial charge in [0, 0.05) is 13.1 Å². The zero-order chi connectivity index (χ0) is 13.8. The maximum atomic E-state index is 12.0. The largest absolute Gasteiger partial charge is 0.412 e. The molecule has 0 fully saturated rings. The van der Waals surface area contributed by atoms with E-state index < -0.39 is 0 Å². The van der Waals surface area contributed by atoms with E-state index in [1.165, 1.54) is 0 Å². The van der Waals surface area contributed by atoms with E-state index in [4.69, 9.17) is 16.0 Å². The van der Waals surface area contributed by atoms with Crippen LogP contribution in [0.1, 0.15) is 24.5 Å². The number of hydrogen-bond donors (Lipinski definition) is 0. The molecule has 0 unspecified atom stereocenters. The second-order valence-corrected chi connectivity index (χ2v) is 4.28. The number of aromatic nitrogens is 2. The molecule has 5 nitrogen and oxygen atoms in total. The molecule has 1 aromatic carbocycles. The van der Waals surface area contributed by atoms with Crippen LogP contribution < -0.4 is 0 Å². The number of carbonyl (C=O) groups is 1. The van der Waals surface area contributed by atoms with Crippen LogP contribution in [-0.2, 0) is 0 Å². The van der Waals surface area contributed by atoms with E-state index in [0.29, 0.717) is 23.7 Å². The van der Waals surface area contributed by atoms with Gasteiger partial charge in [0.2, 0.25) is 5.89 Å². The summed E-state index contributed by atoms with van der Waals surface area (Å²) in [6.45, 7) is 4.98. The summed E-state index contributed by atoms with van der Waals surface area (Å²) in [5, 5.41) is 8.16. The summed E-state index contributed by atoms with van der Waals surface area (Å²) in [6, 6.07) is 7.12. The first kappa shape index (κ1) is 13.5. The predicted molar refractivity (Wildman–Crippen MR) is 72.0 cm³/mol. The smallest absolute Gasteiger partial charge is 0.311 e. The van der Waals surface area contributed by atoms with Gasteiger partial charge in [-0.2, -0.15) is 0 Å². The van der Waals surface area contributed by atoms with Gasteiger partial charge in [-0.15, -0.1) is 10.2 Å². The summed E-state index contributed by atoms with van der Waals surface area (Å²) in [7, 11) is 0. The van der Waals surface area contributed by atoms with Crippen molar-refractivity contribution in [1.29, 1.82) is 0 Å². The highest BCUT2D eigenvalue weighted by Crippen LogP contribution is 2.26. The second-order valence-electron chi connectivity index (χ2n) is 3.87. The molecule has 0 radical (unpaired) electrons. The molecule has 1 amide bonds. The number of carbonyl (C=O) groups excluding carboxylic acids is 1. The first-order valence-corrected chi connectivity index (χ1v) is 6.42. The minimum Gasteiger partial charge on any atom is -0.412 e. The summed E-state index contributed by atoms with van der Waals surface area (Å²) in [5.41, 5.74) is 0.621. The Morgan fingerprint density at radius 2 is 1.95 bits per heavy atom. The molecule has 0 N–H and O–H groups in total. The summed E-state index contributed by atoms with van der Waals surface area (Å²) in [6.07, 6.45) is 0. The van der Waals surface area contributed by atoms with E-state index in [1.54, 1.807) is 17.0 Å². The lowest BCUT2D eigenvalue weighted by Gasteiger charge is -2.15. The summed E-state index contributed by atoms with van der Waals surface area (Å²) in [4.78, 5) is 13.6. The van der Waals surface area contributed by atoms with Crippen molar-refractivity contribution in [3.63, 3.8) is 0 Å². The third-order valence-electron chi connectivity index (χ3n) is 2.76. The van der Waals surface area contributed by atoms with Crippen LogP contribution in [0.2, 0.25) is 5.02 Å². The van der Waals surface area contributed by atoms with Gasteiger partial charge in [-0.05, 0) is 26.0 Å². The summed E-state index contributed by atoms with van der Waals surface area (Å²) >= 11 is 6.04. The maximum absolute atomic E-state index is 12.0. The van der Waals surface area contributed by atoms with Gasteiger partial charge in [0.1, 0.15) is 0 Å². The molecule has 0 atom stereocenters. The van der Waals surface area contributed by atoms with Gasteiger partial charge < -0.3 is 9.32 Å². The van der Waals surface area contributed by atoms with E-state index in [-0.39, 0.29) is 17.7 Å². The number of nitrogens with zero attached hydrogens (tertiary/aromatic N) is 3. The van der Waals surface area contributed by atoms with Crippen LogP contribution in [-0.4, -0.2) is 34.1 Å². The third-order valence-corrected chi connectivity index (χ3v) is 3.09. The van der Waals surface area contributed by atoms with Gasteiger partial charge in [0.05, 0.1) is 10.6 Å². The molecule has 1 heterocycles. The highest BCUT2D eigenvalue weighted by molar-refractivity contribution is 6.33. The zero-order valence-corrected chi connectivity index (χ0v) is 11.5. The normalized spacial score (nSPS) is 10.5. The molecule has 0 aliphatic rings. The quantitative estimate of drug-likeness (QED) is 0.863. The Morgan fingerprint density at radius 3 is 2.58 bits per heavy atom. The average molecular weight is 280 g/mol. The predicted octanol–water partition coefficient (Wildman–Crippen LogP) is 2.87. The topological polar surface area (TPSA) is 59.2 Å². The van der Waals surface area contributed by atoms with Gasteiger partial charge in [0.25, 0.3) is 0 Å². The molecule has 0 aliphatic carbocycles. The molecule has 0 aliphatic heterocycles. The fourth-order valence-electron chi connectivity index (χ4n) is 1.70. The van der Waals surface area contributed by atoms with E-state index in [0.717, 1.165) is 0 Å². The van der Waals surface area contributed by atoms with Crippen LogP contribution in [0.4, 0.5) is 0 Å². The molecule has 1 aromatic heterocycles. The summed E-state index contributed by atoms with van der Waals surface area (Å²) in [5.74, 6) is -0.0319. The van der Waals surface area contributed by atoms with Crippen LogP contribution in [0.25, 0.3) is 11.5 Å². The van der Waals surface area contributed by atoms with E-state index >= 15 is 0 Å². The monoisotopic (exact) mass is 279 g/mol. The fourth-order valence-corrected chi connectivity index (χ4v) is 1.92. The van der Waals surface area contributed by atoms with Crippen molar-refractivity contribution in [3.8, 4) is 11.5 Å². The van der Waals surface area contributed by atoms with Crippen molar-refractivity contribution in [2.24, 2.45) is 0 Å². The number of halogens is 1. The van der Waals surface area contributed by atoms with Crippen molar-refractivity contribution >= 4 is 17.5 Å². The molecule has 2 rings (SSSR count). The van der Waals surface area contributed by atoms with Gasteiger partial charge in [-0.1, -0.05) is 23.7 Å². The van der Waals surface area contributed by atoms with Gasteiger partial charge in [0.15, 0.2) is 0 Å². The SMILES string of the molecule is CCN(CC)C(=O)c1nnc(-c2ccccc2Cl)o1. The van der Waals surface area contributed by atoms with Crippen LogP contribution in [0.15, 0.2) is 28.7 Å². The third kappa shape index (κ3) is 2.76. The Balaban J connectivity index is 2.29. The Hall–Kier alpha value is -1.88. The van der Waals surface area contributed by atoms with Gasteiger partial charge in [-0.25, -0.2) is 0 Å². The Bertz CT molecular complexity index is 579. The van der Waals surface area contributed by atoms with E-state index in [1.807, 2.05) is 26.0 Å². The Kier molecular flexibility index (Phi) is 4.16. The van der Waals surface area contributed by atoms with Crippen molar-refractivity contribution in [1.82, 2.24) is 15.1 Å². The first-order chi connectivity index (χ1) is 9.17. The van der Waals surface area contributed by atoms with Gasteiger partial charge >= 0.3 is 11.8 Å². The molecule has 2 aromatic rings. The van der Waals surface area contributed by atoms with Gasteiger partial charge in [-0.3, -0.25) is 4.79 Å². The molecular weight excluding hydrogens is 266 g/mol. The first-order valence-electron chi connectivity index (χ1n) is 6.05. The van der Waals surface area contributed by atoms with Crippen LogP contribution >= 0.6 is 11.6 Å². The number of rotatable bonds is 4. The number of amides is 1. The van der Waals surface area contributed by atoms with E-state index in [9.17, 15) is 4.79 Å². The standard InChI is InChI=1S/C13H14ClN3O2/c1-3-17(4-2)13(18)12-16-15-11(19-12)9-7-5-6-8-10(9)14/h5-8H,3-4H2,1-2H3. The molecule has 19 heavy (non-hydrogen) atoms. The molecular formula is C13H14ClN3O2. The fraction of sp³-hybridized carbons (Fsp3) is 0.308. The molecule has 6 heteroatoms. The second kappa shape index (κ2) is 5.84. The van der Waals surface area contributed by atoms with Crippen LogP contribution in [0.5, 0.6) is 0 Å². The lowest BCUT2D eigenvalue weighted by Crippen LogP contribution is -2.30. The average Bonchev–Trinajstić information content (AvgIpc) is 2.90. The molecule has 0 spiro atoms. The van der Waals surface area contributed by atoms with Crippen molar-refractivity contribution < 1.29 is 9.21 Å². The lowest BCUT2D eigenvalue weighted by molar-refractivity contribution is 0.0733. The highest BCUT2D eigenvalue weighted by Gasteiger charge is 2.20. The minimum absolute atomic E-state index is 0.0152. The van der Waals surface area contributed by atoms with Crippen molar-refractivity contribution in [2.75, 3.05) is 13.1 Å². The minimum atomic E-state index is -0.268. The van der Waals surface area contributed by atoms with Crippen LogP contribution in [0, 0.1) is 0 Å². The molecule has 0 saturated heterocycles. The lowest BCUT2D eigenvalue weighted by atomic mass is 10.2. The molecule has 0 saturated carbocycles. The maximum Gasteiger partial charge on any atom is 0.311 e. The summed E-state index contributed by atoms with van der Waals surface area (Å²) < 4.78 is 5.40. The number of benzene rings is 1. The van der Waals surface area contributed by atoms with Crippen molar-refractivity contribution in [3.05, 3.63) is 35.2 Å². The zero-order valence-electron chi connectivity index (χ0n) is 10.8. The van der Waals surface area contributed by atoms with E-state index in [2.05, 4.69) is 10.2 Å². The highest BCUT2D eigenvalue weighted by atomic mass is 35.5. The Morgan fingerprint density at radius 1 is 1.26 bits per heavy atom. The molecule has 0 bridgehead atoms.